The van der Waals surface area contributed by atoms with Crippen molar-refractivity contribution in [1.82, 2.24) is 14.6 Å². The van der Waals surface area contributed by atoms with Gasteiger partial charge in [-0.15, -0.1) is 0 Å². The van der Waals surface area contributed by atoms with E-state index in [9.17, 15) is 18.0 Å². The largest absolute Gasteiger partial charge is 0.366 e. The van der Waals surface area contributed by atoms with Crippen LogP contribution in [-0.2, 0) is 21.2 Å². The average molecular weight is 497 g/mol. The van der Waals surface area contributed by atoms with Gasteiger partial charge in [0.2, 0.25) is 15.9 Å². The Kier molecular flexibility index (Phi) is 7.28. The van der Waals surface area contributed by atoms with Gasteiger partial charge in [-0.1, -0.05) is 24.3 Å². The van der Waals surface area contributed by atoms with Crippen LogP contribution >= 0.6 is 0 Å². The Balaban J connectivity index is 1.63. The SMILES string of the molecule is CCS(=O)(=O)N1CCC(c2c[nH]c3c(C(N)=O)cc(-c4ccc(CCNC(C)=O)cc4)cc23)CC1. The van der Waals surface area contributed by atoms with E-state index in [2.05, 4.69) is 16.4 Å². The Bertz CT molecular complexity index is 1340. The molecule has 1 aliphatic heterocycles. The van der Waals surface area contributed by atoms with Gasteiger partial charge in [-0.05, 0) is 66.5 Å². The molecule has 8 nitrogen and oxygen atoms in total. The number of amides is 2. The summed E-state index contributed by atoms with van der Waals surface area (Å²) >= 11 is 0. The molecule has 186 valence electrons. The molecule has 0 spiro atoms. The van der Waals surface area contributed by atoms with Crippen LogP contribution in [0, 0.1) is 0 Å². The number of hydrogen-bond donors (Lipinski definition) is 3. The highest BCUT2D eigenvalue weighted by atomic mass is 32.2. The van der Waals surface area contributed by atoms with Crippen LogP contribution < -0.4 is 11.1 Å². The summed E-state index contributed by atoms with van der Waals surface area (Å²) in [6, 6.07) is 12.0. The zero-order chi connectivity index (χ0) is 25.2. The number of H-pyrrole nitrogens is 1. The van der Waals surface area contributed by atoms with Crippen molar-refractivity contribution in [3.05, 3.63) is 59.3 Å². The number of fused-ring (bicyclic) bond motifs is 1. The minimum Gasteiger partial charge on any atom is -0.366 e. The third-order valence-electron chi connectivity index (χ3n) is 6.81. The van der Waals surface area contributed by atoms with Gasteiger partial charge >= 0.3 is 0 Å². The van der Waals surface area contributed by atoms with E-state index >= 15 is 0 Å². The Hall–Kier alpha value is -3.17. The lowest BCUT2D eigenvalue weighted by Crippen LogP contribution is -2.38. The van der Waals surface area contributed by atoms with E-state index in [0.717, 1.165) is 46.9 Å². The first-order chi connectivity index (χ1) is 16.7. The number of aromatic amines is 1. The third-order valence-corrected chi connectivity index (χ3v) is 8.70. The second kappa shape index (κ2) is 10.2. The molecule has 2 heterocycles. The minimum absolute atomic E-state index is 0.0473. The molecule has 1 fully saturated rings. The van der Waals surface area contributed by atoms with E-state index in [0.29, 0.717) is 30.7 Å². The summed E-state index contributed by atoms with van der Waals surface area (Å²) in [7, 11) is -3.19. The Labute approximate surface area is 205 Å². The summed E-state index contributed by atoms with van der Waals surface area (Å²) < 4.78 is 26.1. The number of piperidine rings is 1. The topological polar surface area (TPSA) is 125 Å². The van der Waals surface area contributed by atoms with E-state index in [1.165, 1.54) is 6.92 Å². The molecule has 0 unspecified atom stereocenters. The Morgan fingerprint density at radius 2 is 1.80 bits per heavy atom. The molecule has 1 saturated heterocycles. The minimum atomic E-state index is -3.19. The molecular formula is C26H32N4O4S. The molecule has 4 N–H and O–H groups in total. The summed E-state index contributed by atoms with van der Waals surface area (Å²) in [5, 5.41) is 3.75. The van der Waals surface area contributed by atoms with Gasteiger partial charge in [0.1, 0.15) is 0 Å². The second-order valence-corrected chi connectivity index (χ2v) is 11.3. The van der Waals surface area contributed by atoms with Crippen molar-refractivity contribution in [2.24, 2.45) is 5.73 Å². The first kappa shape index (κ1) is 24.9. The number of rotatable bonds is 8. The average Bonchev–Trinajstić information content (AvgIpc) is 3.27. The lowest BCUT2D eigenvalue weighted by molar-refractivity contribution is -0.118. The monoisotopic (exact) mass is 496 g/mol. The van der Waals surface area contributed by atoms with Crippen LogP contribution in [0.1, 0.15) is 54.1 Å². The van der Waals surface area contributed by atoms with E-state index in [4.69, 9.17) is 5.73 Å². The number of hydrogen-bond acceptors (Lipinski definition) is 4. The molecule has 2 aromatic carbocycles. The number of nitrogens with zero attached hydrogens (tertiary/aromatic N) is 1. The maximum atomic E-state index is 12.3. The first-order valence-electron chi connectivity index (χ1n) is 12.0. The lowest BCUT2D eigenvalue weighted by atomic mass is 9.88. The van der Waals surface area contributed by atoms with Crippen LogP contribution in [0.5, 0.6) is 0 Å². The zero-order valence-electron chi connectivity index (χ0n) is 20.1. The molecule has 0 bridgehead atoms. The number of nitrogens with one attached hydrogen (secondary N) is 2. The van der Waals surface area contributed by atoms with Crippen molar-refractivity contribution >= 4 is 32.7 Å². The van der Waals surface area contributed by atoms with E-state index in [1.807, 2.05) is 36.5 Å². The van der Waals surface area contributed by atoms with E-state index in [-0.39, 0.29) is 17.6 Å². The third kappa shape index (κ3) is 5.41. The molecule has 0 aliphatic carbocycles. The van der Waals surface area contributed by atoms with Gasteiger partial charge in [-0.3, -0.25) is 9.59 Å². The van der Waals surface area contributed by atoms with Crippen molar-refractivity contribution in [2.75, 3.05) is 25.4 Å². The van der Waals surface area contributed by atoms with Crippen LogP contribution in [0.15, 0.2) is 42.6 Å². The summed E-state index contributed by atoms with van der Waals surface area (Å²) in [6.07, 6.45) is 4.12. The van der Waals surface area contributed by atoms with Crippen molar-refractivity contribution in [3.63, 3.8) is 0 Å². The van der Waals surface area contributed by atoms with Crippen LogP contribution in [0.4, 0.5) is 0 Å². The summed E-state index contributed by atoms with van der Waals surface area (Å²) in [5.74, 6) is -0.239. The molecule has 9 heteroatoms. The lowest BCUT2D eigenvalue weighted by Gasteiger charge is -2.31. The highest BCUT2D eigenvalue weighted by molar-refractivity contribution is 7.89. The van der Waals surface area contributed by atoms with Gasteiger partial charge < -0.3 is 16.0 Å². The van der Waals surface area contributed by atoms with Gasteiger partial charge in [0.05, 0.1) is 16.8 Å². The number of carbonyl (C=O) groups excluding carboxylic acids is 2. The fourth-order valence-electron chi connectivity index (χ4n) is 4.83. The van der Waals surface area contributed by atoms with Gasteiger partial charge in [0.25, 0.3) is 5.91 Å². The van der Waals surface area contributed by atoms with Gasteiger partial charge in [-0.25, -0.2) is 12.7 Å². The second-order valence-electron chi connectivity index (χ2n) is 9.06. The van der Waals surface area contributed by atoms with Crippen LogP contribution in [-0.4, -0.2) is 54.9 Å². The zero-order valence-corrected chi connectivity index (χ0v) is 21.0. The summed E-state index contributed by atoms with van der Waals surface area (Å²) in [6.45, 7) is 4.74. The molecule has 3 aromatic rings. The number of benzene rings is 2. The number of primary amides is 1. The molecule has 1 aliphatic rings. The Morgan fingerprint density at radius 1 is 1.11 bits per heavy atom. The van der Waals surface area contributed by atoms with Gasteiger partial charge in [-0.2, -0.15) is 0 Å². The number of nitrogens with two attached hydrogens (primary N) is 1. The molecular weight excluding hydrogens is 464 g/mol. The highest BCUT2D eigenvalue weighted by Gasteiger charge is 2.29. The van der Waals surface area contributed by atoms with E-state index < -0.39 is 15.9 Å². The molecule has 0 radical (unpaired) electrons. The number of aromatic nitrogens is 1. The maximum Gasteiger partial charge on any atom is 0.250 e. The van der Waals surface area contributed by atoms with E-state index in [1.54, 1.807) is 11.2 Å². The van der Waals surface area contributed by atoms with Crippen molar-refractivity contribution in [2.45, 2.75) is 39.0 Å². The molecule has 0 atom stereocenters. The fourth-order valence-corrected chi connectivity index (χ4v) is 5.96. The fraction of sp³-hybridized carbons (Fsp3) is 0.385. The van der Waals surface area contributed by atoms with Crippen molar-refractivity contribution in [3.8, 4) is 11.1 Å². The van der Waals surface area contributed by atoms with Crippen LogP contribution in [0.3, 0.4) is 0 Å². The molecule has 0 saturated carbocycles. The maximum absolute atomic E-state index is 12.3. The van der Waals surface area contributed by atoms with Crippen molar-refractivity contribution in [1.29, 1.82) is 0 Å². The number of carbonyl (C=O) groups is 2. The normalized spacial score (nSPS) is 15.4. The quantitative estimate of drug-likeness (QED) is 0.443. The molecule has 1 aromatic heterocycles. The Morgan fingerprint density at radius 3 is 2.40 bits per heavy atom. The standard InChI is InChI=1S/C26H32N4O4S/c1-3-35(33,34)30-12-9-20(10-13-30)24-16-29-25-22(24)14-21(15-23(25)26(27)32)19-6-4-18(5-7-19)8-11-28-17(2)31/h4-7,14-16,20,29H,3,8-13H2,1-2H3,(H2,27,32)(H,28,31). The first-order valence-corrected chi connectivity index (χ1v) is 13.6. The van der Waals surface area contributed by atoms with Gasteiger partial charge in [0.15, 0.2) is 0 Å². The molecule has 35 heavy (non-hydrogen) atoms. The van der Waals surface area contributed by atoms with Crippen LogP contribution in [0.25, 0.3) is 22.0 Å². The smallest absolute Gasteiger partial charge is 0.250 e. The highest BCUT2D eigenvalue weighted by Crippen LogP contribution is 2.37. The predicted molar refractivity (Wildman–Crippen MR) is 138 cm³/mol. The summed E-state index contributed by atoms with van der Waals surface area (Å²) in [5.41, 5.74) is 10.9. The molecule has 2 amide bonds. The predicted octanol–water partition coefficient (Wildman–Crippen LogP) is 3.14. The van der Waals surface area contributed by atoms with Crippen molar-refractivity contribution < 1.29 is 18.0 Å². The molecule has 4 rings (SSSR count). The van der Waals surface area contributed by atoms with Gasteiger partial charge in [0, 0.05) is 38.1 Å². The summed E-state index contributed by atoms with van der Waals surface area (Å²) in [4.78, 5) is 26.6. The number of sulfonamides is 1. The van der Waals surface area contributed by atoms with Crippen LogP contribution in [0.2, 0.25) is 0 Å².